The molecule has 567 valence electrons. The van der Waals surface area contributed by atoms with Crippen LogP contribution in [0, 0.1) is 17.0 Å². The maximum absolute atomic E-state index is 2.88. The minimum atomic E-state index is -2.67. The van der Waals surface area contributed by atoms with Gasteiger partial charge < -0.3 is 0 Å². The quantitative estimate of drug-likeness (QED) is 0.0321. The van der Waals surface area contributed by atoms with Crippen molar-refractivity contribution in [1.29, 1.82) is 0 Å². The molecule has 18 aromatic carbocycles. The van der Waals surface area contributed by atoms with Gasteiger partial charge in [-0.3, -0.25) is 17.0 Å². The standard InChI is InChI=1S/3C37H31Si2.Cr/c3*1-7-19-32(20-8-1)38(33-21-9-2-10-22-33,34-23-11-3-12-24-34)31-39(35-25-13-4-14-26-35,36-27-15-5-16-28-36)37-29-17-6-18-30-37;/h3*1-31H;/q3*-1;+3. The second kappa shape index (κ2) is 38.7. The average molecular weight is 1650 g/mol. The summed E-state index contributed by atoms with van der Waals surface area (Å²) in [5.41, 5.74) is 8.62. The molecular formula is C111H93CrSi6. The minimum Gasteiger partial charge on any atom is -0.300 e. The van der Waals surface area contributed by atoms with Crippen LogP contribution in [0.4, 0.5) is 0 Å². The Bertz CT molecular complexity index is 4410. The first-order valence-electron chi connectivity index (χ1n) is 40.6. The van der Waals surface area contributed by atoms with E-state index >= 15 is 0 Å². The van der Waals surface area contributed by atoms with Crippen LogP contribution < -0.4 is 93.4 Å². The van der Waals surface area contributed by atoms with Crippen molar-refractivity contribution < 1.29 is 17.4 Å². The van der Waals surface area contributed by atoms with Crippen LogP contribution in [-0.2, 0) is 17.4 Å². The van der Waals surface area contributed by atoms with Gasteiger partial charge in [-0.1, -0.05) is 639 Å². The molecule has 0 aliphatic heterocycles. The van der Waals surface area contributed by atoms with Crippen molar-refractivity contribution in [2.75, 3.05) is 0 Å². The van der Waals surface area contributed by atoms with E-state index in [1.54, 1.807) is 0 Å². The Balaban J connectivity index is 0.000000138. The van der Waals surface area contributed by atoms with E-state index in [2.05, 4.69) is 563 Å². The van der Waals surface area contributed by atoms with Crippen LogP contribution in [0.5, 0.6) is 0 Å². The van der Waals surface area contributed by atoms with Crippen molar-refractivity contribution in [3.63, 3.8) is 0 Å². The topological polar surface area (TPSA) is 0 Å². The first-order valence-corrected chi connectivity index (χ1v) is 53.1. The molecule has 0 amide bonds. The predicted octanol–water partition coefficient (Wildman–Crippen LogP) is 13.8. The van der Waals surface area contributed by atoms with Crippen LogP contribution in [0.3, 0.4) is 0 Å². The molecule has 0 aromatic heterocycles. The molecule has 0 unspecified atom stereocenters. The summed E-state index contributed by atoms with van der Waals surface area (Å²) < 4.78 is 0. The predicted molar refractivity (Wildman–Crippen MR) is 517 cm³/mol. The van der Waals surface area contributed by atoms with Crippen molar-refractivity contribution in [2.24, 2.45) is 0 Å². The molecular weight excluding hydrogens is 1550 g/mol. The van der Waals surface area contributed by atoms with Gasteiger partial charge in [0.15, 0.2) is 0 Å². The number of benzene rings is 18. The smallest absolute Gasteiger partial charge is 0.300 e. The monoisotopic (exact) mass is 1650 g/mol. The van der Waals surface area contributed by atoms with Crippen LogP contribution in [0.15, 0.2) is 546 Å². The molecule has 1 radical (unpaired) electrons. The van der Waals surface area contributed by atoms with E-state index in [1.807, 2.05) is 0 Å². The second-order valence-corrected chi connectivity index (χ2v) is 53.4. The van der Waals surface area contributed by atoms with Crippen LogP contribution >= 0.6 is 0 Å². The van der Waals surface area contributed by atoms with Crippen molar-refractivity contribution in [2.45, 2.75) is 0 Å². The van der Waals surface area contributed by atoms with Crippen LogP contribution in [0.2, 0.25) is 0 Å². The third-order valence-electron chi connectivity index (χ3n) is 23.4. The van der Waals surface area contributed by atoms with E-state index in [1.165, 1.54) is 93.4 Å². The molecule has 0 nitrogen and oxygen atoms in total. The Morgan fingerprint density at radius 1 is 0.0847 bits per heavy atom. The van der Waals surface area contributed by atoms with E-state index < -0.39 is 48.4 Å². The van der Waals surface area contributed by atoms with Crippen molar-refractivity contribution in [3.05, 3.63) is 563 Å². The van der Waals surface area contributed by atoms with Crippen LogP contribution in [0.1, 0.15) is 0 Å². The summed E-state index contributed by atoms with van der Waals surface area (Å²) in [4.78, 5) is 0. The van der Waals surface area contributed by atoms with Gasteiger partial charge in [-0.05, 0) is 0 Å². The first-order chi connectivity index (χ1) is 58.0. The van der Waals surface area contributed by atoms with Gasteiger partial charge in [0.05, 0.1) is 0 Å². The molecule has 0 saturated heterocycles. The normalized spacial score (nSPS) is 11.6. The zero-order chi connectivity index (χ0) is 79.2. The molecule has 118 heavy (non-hydrogen) atoms. The molecule has 0 bridgehead atoms. The summed E-state index contributed by atoms with van der Waals surface area (Å²) in [5, 5.41) is 25.3. The van der Waals surface area contributed by atoms with E-state index in [9.17, 15) is 0 Å². The third kappa shape index (κ3) is 16.5. The molecule has 0 saturated carbocycles. The van der Waals surface area contributed by atoms with Crippen LogP contribution in [0.25, 0.3) is 0 Å². The fraction of sp³-hybridized carbons (Fsp3) is 0. The van der Waals surface area contributed by atoms with Gasteiger partial charge in [0.25, 0.3) is 0 Å². The minimum absolute atomic E-state index is 0. The molecule has 0 spiro atoms. The largest absolute Gasteiger partial charge is 3.00 e. The van der Waals surface area contributed by atoms with Crippen molar-refractivity contribution >= 4 is 142 Å². The maximum Gasteiger partial charge on any atom is 3.00 e. The molecule has 0 fully saturated rings. The van der Waals surface area contributed by atoms with Gasteiger partial charge in [-0.2, -0.15) is 0 Å². The van der Waals surface area contributed by atoms with Crippen LogP contribution in [-0.4, -0.2) is 48.4 Å². The number of hydrogen-bond acceptors (Lipinski definition) is 0. The molecule has 18 rings (SSSR count). The fourth-order valence-electron chi connectivity index (χ4n) is 18.1. The SMILES string of the molecule is [Cr+3].c1ccc([Si]([CH-][Si](c2ccccc2)(c2ccccc2)c2ccccc2)(c2ccccc2)c2ccccc2)cc1.c1ccc([Si]([CH-][Si](c2ccccc2)(c2ccccc2)c2ccccc2)(c2ccccc2)c2ccccc2)cc1.c1ccc([Si]([CH-][Si](c2ccccc2)(c2ccccc2)c2ccccc2)(c2ccccc2)c2ccccc2)cc1. The Hall–Kier alpha value is -12.2. The summed E-state index contributed by atoms with van der Waals surface area (Å²) >= 11 is 0. The summed E-state index contributed by atoms with van der Waals surface area (Å²) in [6.07, 6.45) is 0. The molecule has 0 atom stereocenters. The molecule has 18 aromatic rings. The molecule has 0 N–H and O–H groups in total. The van der Waals surface area contributed by atoms with E-state index in [4.69, 9.17) is 0 Å². The third-order valence-corrected chi connectivity index (χ3v) is 56.2. The first kappa shape index (κ1) is 81.0. The summed E-state index contributed by atoms with van der Waals surface area (Å²) in [5.74, 6) is 0. The van der Waals surface area contributed by atoms with Gasteiger partial charge in [0.1, 0.15) is 0 Å². The number of rotatable bonds is 24. The number of hydrogen-bond donors (Lipinski definition) is 0. The van der Waals surface area contributed by atoms with Gasteiger partial charge >= 0.3 is 17.4 Å². The average Bonchev–Trinajstić information content (AvgIpc) is 0.729. The zero-order valence-corrected chi connectivity index (χ0v) is 73.4. The van der Waals surface area contributed by atoms with Crippen molar-refractivity contribution in [1.82, 2.24) is 0 Å². The van der Waals surface area contributed by atoms with Gasteiger partial charge in [-0.15, -0.1) is 0 Å². The summed E-state index contributed by atoms with van der Waals surface area (Å²) in [6, 6.07) is 202. The zero-order valence-electron chi connectivity index (χ0n) is 66.1. The molecule has 7 heteroatoms. The Kier molecular flexibility index (Phi) is 26.6. The Morgan fingerprint density at radius 2 is 0.136 bits per heavy atom. The van der Waals surface area contributed by atoms with Gasteiger partial charge in [0.2, 0.25) is 0 Å². The molecule has 0 aliphatic carbocycles. The maximum atomic E-state index is 2.88. The van der Waals surface area contributed by atoms with Gasteiger partial charge in [0, 0.05) is 48.4 Å². The Morgan fingerprint density at radius 3 is 0.186 bits per heavy atom. The van der Waals surface area contributed by atoms with Gasteiger partial charge in [-0.25, -0.2) is 0 Å². The van der Waals surface area contributed by atoms with E-state index in [0.717, 1.165) is 0 Å². The van der Waals surface area contributed by atoms with E-state index in [0.29, 0.717) is 0 Å². The summed E-state index contributed by atoms with van der Waals surface area (Å²) in [6.45, 7) is 0. The molecule has 0 aliphatic rings. The fourth-order valence-corrected chi connectivity index (χ4v) is 56.8. The van der Waals surface area contributed by atoms with Crippen molar-refractivity contribution in [3.8, 4) is 0 Å². The van der Waals surface area contributed by atoms with E-state index in [-0.39, 0.29) is 17.4 Å². The second-order valence-electron chi connectivity index (χ2n) is 29.9. The molecule has 0 heterocycles. The summed E-state index contributed by atoms with van der Waals surface area (Å²) in [7, 11) is -16.0. The Labute approximate surface area is 716 Å².